The third-order valence-electron chi connectivity index (χ3n) is 3.20. The molecule has 0 aliphatic carbocycles. The lowest BCUT2D eigenvalue weighted by atomic mass is 10.0. The van der Waals surface area contributed by atoms with E-state index < -0.39 is 5.60 Å². The Morgan fingerprint density at radius 3 is 2.62 bits per heavy atom. The van der Waals surface area contributed by atoms with Crippen molar-refractivity contribution in [3.05, 3.63) is 0 Å². The average molecular weight is 225 g/mol. The van der Waals surface area contributed by atoms with Crippen molar-refractivity contribution in [2.45, 2.75) is 64.1 Å². The van der Waals surface area contributed by atoms with Crippen LogP contribution < -0.4 is 0 Å². The molecule has 0 saturated carbocycles. The third-order valence-corrected chi connectivity index (χ3v) is 3.20. The van der Waals surface area contributed by atoms with Gasteiger partial charge in [-0.15, -0.1) is 0 Å². The van der Waals surface area contributed by atoms with E-state index in [0.717, 1.165) is 19.3 Å². The fraction of sp³-hybridized carbons (Fsp3) is 0.833. The molecule has 2 rings (SSSR count). The Balaban J connectivity index is 2.09. The molecule has 0 aromatic rings. The van der Waals surface area contributed by atoms with Crippen LogP contribution in [0.5, 0.6) is 0 Å². The van der Waals surface area contributed by atoms with Gasteiger partial charge in [-0.1, -0.05) is 0 Å². The lowest BCUT2D eigenvalue weighted by Gasteiger charge is -2.35. The summed E-state index contributed by atoms with van der Waals surface area (Å²) in [5.41, 5.74) is -0.489. The number of carbonyl (C=O) groups is 2. The zero-order valence-electron chi connectivity index (χ0n) is 10.2. The van der Waals surface area contributed by atoms with Crippen molar-refractivity contribution in [3.8, 4) is 0 Å². The summed E-state index contributed by atoms with van der Waals surface area (Å²) in [6.45, 7) is 5.54. The van der Waals surface area contributed by atoms with Gasteiger partial charge in [0.05, 0.1) is 6.04 Å². The van der Waals surface area contributed by atoms with E-state index in [4.69, 9.17) is 4.74 Å². The molecule has 0 unspecified atom stereocenters. The number of hydrogen-bond acceptors (Lipinski definition) is 3. The first-order valence-electron chi connectivity index (χ1n) is 5.92. The Morgan fingerprint density at radius 2 is 2.00 bits per heavy atom. The number of ether oxygens (including phenoxy) is 1. The van der Waals surface area contributed by atoms with Crippen LogP contribution in [0.1, 0.15) is 46.5 Å². The van der Waals surface area contributed by atoms with Gasteiger partial charge in [0.15, 0.2) is 5.78 Å². The minimum atomic E-state index is -0.489. The van der Waals surface area contributed by atoms with Crippen LogP contribution >= 0.6 is 0 Å². The van der Waals surface area contributed by atoms with Crippen LogP contribution in [0.2, 0.25) is 0 Å². The SMILES string of the molecule is CC(C)(C)OC(=O)N1[C@@H]2CCC(=O)[C@H]1CC2. The average Bonchev–Trinajstić information content (AvgIpc) is 2.46. The summed E-state index contributed by atoms with van der Waals surface area (Å²) >= 11 is 0. The first kappa shape index (κ1) is 11.4. The fourth-order valence-electron chi connectivity index (χ4n) is 2.55. The number of fused-ring (bicyclic) bond motifs is 2. The quantitative estimate of drug-likeness (QED) is 0.634. The summed E-state index contributed by atoms with van der Waals surface area (Å²) in [6, 6.07) is 0.00569. The lowest BCUT2D eigenvalue weighted by molar-refractivity contribution is -0.126. The van der Waals surface area contributed by atoms with E-state index in [1.807, 2.05) is 20.8 Å². The molecule has 2 aliphatic heterocycles. The molecular formula is C12H19NO3. The van der Waals surface area contributed by atoms with Crippen molar-refractivity contribution >= 4 is 11.9 Å². The van der Waals surface area contributed by atoms with Crippen molar-refractivity contribution in [1.29, 1.82) is 0 Å². The Bertz CT molecular complexity index is 319. The van der Waals surface area contributed by atoms with E-state index >= 15 is 0 Å². The van der Waals surface area contributed by atoms with Crippen molar-refractivity contribution in [1.82, 2.24) is 4.90 Å². The van der Waals surface area contributed by atoms with Crippen LogP contribution in [-0.4, -0.2) is 34.5 Å². The molecule has 2 fully saturated rings. The standard InChI is InChI=1S/C12H19NO3/c1-12(2,3)16-11(15)13-8-4-6-9(13)10(14)7-5-8/h8-9H,4-7H2,1-3H3/t8-,9+/m0/s1. The summed E-state index contributed by atoms with van der Waals surface area (Å²) < 4.78 is 5.34. The van der Waals surface area contributed by atoms with Gasteiger partial charge in [-0.2, -0.15) is 0 Å². The van der Waals surface area contributed by atoms with Crippen LogP contribution in [0.3, 0.4) is 0 Å². The zero-order valence-corrected chi connectivity index (χ0v) is 10.2. The molecule has 0 spiro atoms. The Labute approximate surface area is 95.9 Å². The first-order chi connectivity index (χ1) is 7.38. The van der Waals surface area contributed by atoms with Gasteiger partial charge in [-0.3, -0.25) is 9.69 Å². The molecule has 0 aromatic carbocycles. The summed E-state index contributed by atoms with van der Waals surface area (Å²) in [6.07, 6.45) is 2.84. The monoisotopic (exact) mass is 225 g/mol. The molecule has 1 amide bonds. The van der Waals surface area contributed by atoms with Crippen LogP contribution in [0, 0.1) is 0 Å². The van der Waals surface area contributed by atoms with Gasteiger partial charge in [0.2, 0.25) is 0 Å². The number of nitrogens with zero attached hydrogens (tertiary/aromatic N) is 1. The number of carbonyl (C=O) groups excluding carboxylic acids is 2. The number of ketones is 1. The molecule has 0 radical (unpaired) electrons. The summed E-state index contributed by atoms with van der Waals surface area (Å²) in [5, 5.41) is 0. The Kier molecular flexibility index (Phi) is 2.68. The maximum absolute atomic E-state index is 12.0. The Morgan fingerprint density at radius 1 is 1.31 bits per heavy atom. The summed E-state index contributed by atoms with van der Waals surface area (Å²) in [4.78, 5) is 25.3. The molecule has 0 N–H and O–H groups in total. The van der Waals surface area contributed by atoms with Crippen LogP contribution in [-0.2, 0) is 9.53 Å². The molecule has 4 nitrogen and oxygen atoms in total. The van der Waals surface area contributed by atoms with Crippen molar-refractivity contribution in [3.63, 3.8) is 0 Å². The number of rotatable bonds is 0. The van der Waals surface area contributed by atoms with Gasteiger partial charge in [0, 0.05) is 12.5 Å². The molecule has 2 atom stereocenters. The topological polar surface area (TPSA) is 46.6 Å². The van der Waals surface area contributed by atoms with Crippen LogP contribution in [0.4, 0.5) is 4.79 Å². The number of amides is 1. The lowest BCUT2D eigenvalue weighted by Crippen LogP contribution is -2.50. The molecular weight excluding hydrogens is 206 g/mol. The second-order valence-corrected chi connectivity index (χ2v) is 5.64. The van der Waals surface area contributed by atoms with Crippen LogP contribution in [0.15, 0.2) is 0 Å². The number of hydrogen-bond donors (Lipinski definition) is 0. The Hall–Kier alpha value is -1.06. The summed E-state index contributed by atoms with van der Waals surface area (Å²) in [7, 11) is 0. The normalized spacial score (nSPS) is 29.4. The minimum absolute atomic E-state index is 0.194. The summed E-state index contributed by atoms with van der Waals surface area (Å²) in [5.74, 6) is 0.194. The van der Waals surface area contributed by atoms with Crippen LogP contribution in [0.25, 0.3) is 0 Å². The highest BCUT2D eigenvalue weighted by Gasteiger charge is 2.45. The highest BCUT2D eigenvalue weighted by molar-refractivity contribution is 5.89. The number of piperidine rings is 1. The molecule has 2 aliphatic rings. The van der Waals surface area contributed by atoms with Gasteiger partial charge in [-0.25, -0.2) is 4.79 Å². The van der Waals surface area contributed by atoms with E-state index in [1.165, 1.54) is 0 Å². The van der Waals surface area contributed by atoms with Gasteiger partial charge in [0.25, 0.3) is 0 Å². The zero-order chi connectivity index (χ0) is 11.9. The third kappa shape index (κ3) is 2.06. The molecule has 2 saturated heterocycles. The molecule has 16 heavy (non-hydrogen) atoms. The second kappa shape index (κ2) is 3.75. The highest BCUT2D eigenvalue weighted by Crippen LogP contribution is 2.34. The van der Waals surface area contributed by atoms with Crippen molar-refractivity contribution < 1.29 is 14.3 Å². The predicted molar refractivity (Wildman–Crippen MR) is 59.1 cm³/mol. The van der Waals surface area contributed by atoms with Crippen molar-refractivity contribution in [2.24, 2.45) is 0 Å². The molecule has 2 bridgehead atoms. The van der Waals surface area contributed by atoms with E-state index in [2.05, 4.69) is 0 Å². The maximum atomic E-state index is 12.0. The smallest absolute Gasteiger partial charge is 0.411 e. The molecule has 2 heterocycles. The predicted octanol–water partition coefficient (Wildman–Crippen LogP) is 2.12. The molecule has 90 valence electrons. The van der Waals surface area contributed by atoms with Gasteiger partial charge >= 0.3 is 6.09 Å². The molecule has 4 heteroatoms. The van der Waals surface area contributed by atoms with Gasteiger partial charge in [0.1, 0.15) is 5.60 Å². The van der Waals surface area contributed by atoms with E-state index in [0.29, 0.717) is 6.42 Å². The fourth-order valence-corrected chi connectivity index (χ4v) is 2.55. The van der Waals surface area contributed by atoms with E-state index in [1.54, 1.807) is 4.90 Å². The van der Waals surface area contributed by atoms with Crippen molar-refractivity contribution in [2.75, 3.05) is 0 Å². The minimum Gasteiger partial charge on any atom is -0.444 e. The first-order valence-corrected chi connectivity index (χ1v) is 5.92. The van der Waals surface area contributed by atoms with E-state index in [-0.39, 0.29) is 24.0 Å². The molecule has 0 aromatic heterocycles. The number of Topliss-reactive ketones (excluding diaryl/α,β-unsaturated/α-hetero) is 1. The van der Waals surface area contributed by atoms with Gasteiger partial charge < -0.3 is 4.74 Å². The second-order valence-electron chi connectivity index (χ2n) is 5.64. The largest absolute Gasteiger partial charge is 0.444 e. The highest BCUT2D eigenvalue weighted by atomic mass is 16.6. The van der Waals surface area contributed by atoms with E-state index in [9.17, 15) is 9.59 Å². The van der Waals surface area contributed by atoms with Gasteiger partial charge in [-0.05, 0) is 40.0 Å². The maximum Gasteiger partial charge on any atom is 0.411 e.